The summed E-state index contributed by atoms with van der Waals surface area (Å²) in [4.78, 5) is 24.8. The van der Waals surface area contributed by atoms with Gasteiger partial charge >= 0.3 is 6.18 Å². The van der Waals surface area contributed by atoms with E-state index in [0.29, 0.717) is 0 Å². The molecule has 2 atom stereocenters. The number of hydrogen-bond acceptors (Lipinski definition) is 2. The number of amides is 2. The van der Waals surface area contributed by atoms with Crippen molar-refractivity contribution in [3.05, 3.63) is 35.4 Å². The molecular formula is C17H19F3N2O2. The molecule has 1 N–H and O–H groups in total. The fraction of sp³-hybridized carbons (Fsp3) is 0.529. The molecule has 0 spiro atoms. The Bertz CT molecular complexity index is 645. The highest BCUT2D eigenvalue weighted by Gasteiger charge is 2.41. The maximum atomic E-state index is 12.5. The average Bonchev–Trinajstić information content (AvgIpc) is 2.87. The third-order valence-electron chi connectivity index (χ3n) is 4.64. The van der Waals surface area contributed by atoms with E-state index in [0.717, 1.165) is 29.7 Å². The molecule has 0 aromatic heterocycles. The number of rotatable bonds is 3. The average molecular weight is 340 g/mol. The summed E-state index contributed by atoms with van der Waals surface area (Å²) in [5.74, 6) is -1.67. The molecule has 0 saturated carbocycles. The second-order valence-corrected chi connectivity index (χ2v) is 6.44. The third kappa shape index (κ3) is 3.71. The summed E-state index contributed by atoms with van der Waals surface area (Å²) in [5, 5.41) is 2.92. The summed E-state index contributed by atoms with van der Waals surface area (Å²) in [6, 6.07) is 7.72. The van der Waals surface area contributed by atoms with Gasteiger partial charge in [0.25, 0.3) is 0 Å². The smallest absolute Gasteiger partial charge is 0.349 e. The predicted molar refractivity (Wildman–Crippen MR) is 81.0 cm³/mol. The van der Waals surface area contributed by atoms with Crippen molar-refractivity contribution in [1.82, 2.24) is 10.2 Å². The van der Waals surface area contributed by atoms with Crippen molar-refractivity contribution in [1.29, 1.82) is 0 Å². The lowest BCUT2D eigenvalue weighted by Gasteiger charge is -2.27. The van der Waals surface area contributed by atoms with E-state index in [9.17, 15) is 22.8 Å². The highest BCUT2D eigenvalue weighted by Crippen LogP contribution is 2.30. The number of fused-ring (bicyclic) bond motifs is 1. The first-order chi connectivity index (χ1) is 11.3. The molecule has 1 fully saturated rings. The van der Waals surface area contributed by atoms with Gasteiger partial charge in [0, 0.05) is 13.0 Å². The number of carbonyl (C=O) groups excluding carboxylic acids is 2. The van der Waals surface area contributed by atoms with Crippen LogP contribution < -0.4 is 5.32 Å². The van der Waals surface area contributed by atoms with Gasteiger partial charge in [-0.25, -0.2) is 0 Å². The summed E-state index contributed by atoms with van der Waals surface area (Å²) >= 11 is 0. The Morgan fingerprint density at radius 3 is 2.79 bits per heavy atom. The highest BCUT2D eigenvalue weighted by molar-refractivity contribution is 5.89. The van der Waals surface area contributed by atoms with Crippen LogP contribution in [-0.2, 0) is 16.0 Å². The Balaban J connectivity index is 1.63. The summed E-state index contributed by atoms with van der Waals surface area (Å²) in [5.41, 5.74) is 2.25. The van der Waals surface area contributed by atoms with Gasteiger partial charge in [0.15, 0.2) is 0 Å². The first-order valence-corrected chi connectivity index (χ1v) is 8.06. The van der Waals surface area contributed by atoms with Crippen molar-refractivity contribution in [3.8, 4) is 0 Å². The minimum atomic E-state index is -4.44. The van der Waals surface area contributed by atoms with Crippen LogP contribution >= 0.6 is 0 Å². The van der Waals surface area contributed by atoms with Crippen molar-refractivity contribution < 1.29 is 22.8 Å². The standard InChI is InChI=1S/C17H19F3N2O2/c18-17(19,20)10-22-9-12(8-15(22)23)16(24)21-14-7-3-5-11-4-1-2-6-13(11)14/h1-2,4,6,12,14H,3,5,7-10H2,(H,21,24)/t12-,14-/m1/s1. The molecule has 130 valence electrons. The van der Waals surface area contributed by atoms with E-state index < -0.39 is 24.5 Å². The summed E-state index contributed by atoms with van der Waals surface area (Å²) in [7, 11) is 0. The molecule has 3 rings (SSSR count). The van der Waals surface area contributed by atoms with Gasteiger partial charge in [-0.3, -0.25) is 9.59 Å². The van der Waals surface area contributed by atoms with Crippen LogP contribution in [0, 0.1) is 5.92 Å². The zero-order chi connectivity index (χ0) is 17.3. The topological polar surface area (TPSA) is 49.4 Å². The van der Waals surface area contributed by atoms with Crippen LogP contribution in [-0.4, -0.2) is 36.0 Å². The molecule has 1 aromatic rings. The van der Waals surface area contributed by atoms with Gasteiger partial charge in [-0.2, -0.15) is 13.2 Å². The number of alkyl halides is 3. The molecule has 0 radical (unpaired) electrons. The quantitative estimate of drug-likeness (QED) is 0.919. The largest absolute Gasteiger partial charge is 0.406 e. The molecule has 7 heteroatoms. The highest BCUT2D eigenvalue weighted by atomic mass is 19.4. The van der Waals surface area contributed by atoms with Crippen LogP contribution in [0.4, 0.5) is 13.2 Å². The molecule has 2 amide bonds. The predicted octanol–water partition coefficient (Wildman–Crippen LogP) is 2.59. The lowest BCUT2D eigenvalue weighted by atomic mass is 9.87. The molecule has 1 saturated heterocycles. The number of nitrogens with zero attached hydrogens (tertiary/aromatic N) is 1. The summed E-state index contributed by atoms with van der Waals surface area (Å²) in [6.45, 7) is -1.46. The maximum absolute atomic E-state index is 12.5. The van der Waals surface area contributed by atoms with Crippen LogP contribution in [0.15, 0.2) is 24.3 Å². The summed E-state index contributed by atoms with van der Waals surface area (Å²) in [6.07, 6.45) is -1.88. The van der Waals surface area contributed by atoms with Crippen molar-refractivity contribution in [2.45, 2.75) is 37.9 Å². The van der Waals surface area contributed by atoms with Crippen LogP contribution in [0.5, 0.6) is 0 Å². The van der Waals surface area contributed by atoms with E-state index in [1.54, 1.807) is 0 Å². The minimum absolute atomic E-state index is 0.130. The van der Waals surface area contributed by atoms with E-state index in [1.807, 2.05) is 24.3 Å². The van der Waals surface area contributed by atoms with E-state index in [2.05, 4.69) is 5.32 Å². The van der Waals surface area contributed by atoms with Gasteiger partial charge in [-0.15, -0.1) is 0 Å². The van der Waals surface area contributed by atoms with E-state index in [1.165, 1.54) is 5.56 Å². The van der Waals surface area contributed by atoms with Gasteiger partial charge in [0.05, 0.1) is 12.0 Å². The van der Waals surface area contributed by atoms with Crippen molar-refractivity contribution in [2.75, 3.05) is 13.1 Å². The number of benzene rings is 1. The van der Waals surface area contributed by atoms with E-state index >= 15 is 0 Å². The Morgan fingerprint density at radius 1 is 1.29 bits per heavy atom. The molecule has 0 bridgehead atoms. The van der Waals surface area contributed by atoms with Gasteiger partial charge < -0.3 is 10.2 Å². The Labute approximate surface area is 138 Å². The van der Waals surface area contributed by atoms with Crippen molar-refractivity contribution in [3.63, 3.8) is 0 Å². The lowest BCUT2D eigenvalue weighted by molar-refractivity contribution is -0.157. The van der Waals surface area contributed by atoms with Crippen molar-refractivity contribution >= 4 is 11.8 Å². The number of hydrogen-bond donors (Lipinski definition) is 1. The Hall–Kier alpha value is -2.05. The zero-order valence-corrected chi connectivity index (χ0v) is 13.1. The fourth-order valence-corrected chi connectivity index (χ4v) is 3.51. The van der Waals surface area contributed by atoms with Gasteiger partial charge in [-0.05, 0) is 30.4 Å². The van der Waals surface area contributed by atoms with Crippen molar-refractivity contribution in [2.24, 2.45) is 5.92 Å². The molecule has 4 nitrogen and oxygen atoms in total. The van der Waals surface area contributed by atoms with Gasteiger partial charge in [-0.1, -0.05) is 24.3 Å². The number of aryl methyl sites for hydroxylation is 1. The molecule has 1 aliphatic heterocycles. The zero-order valence-electron chi connectivity index (χ0n) is 13.1. The first-order valence-electron chi connectivity index (χ1n) is 8.06. The van der Waals surface area contributed by atoms with E-state index in [-0.39, 0.29) is 24.9 Å². The first kappa shape index (κ1) is 16.8. The number of nitrogens with one attached hydrogen (secondary N) is 1. The molecule has 2 aliphatic rings. The normalized spacial score (nSPS) is 24.0. The molecular weight excluding hydrogens is 321 g/mol. The minimum Gasteiger partial charge on any atom is -0.349 e. The number of carbonyl (C=O) groups is 2. The molecule has 1 heterocycles. The van der Waals surface area contributed by atoms with Crippen LogP contribution in [0.3, 0.4) is 0 Å². The molecule has 1 aromatic carbocycles. The third-order valence-corrected chi connectivity index (χ3v) is 4.64. The van der Waals surface area contributed by atoms with Crippen LogP contribution in [0.2, 0.25) is 0 Å². The fourth-order valence-electron chi connectivity index (χ4n) is 3.51. The lowest BCUT2D eigenvalue weighted by Crippen LogP contribution is -2.38. The number of likely N-dealkylation sites (tertiary alicyclic amines) is 1. The van der Waals surface area contributed by atoms with E-state index in [4.69, 9.17) is 0 Å². The molecule has 0 unspecified atom stereocenters. The Morgan fingerprint density at radius 2 is 2.04 bits per heavy atom. The second kappa shape index (κ2) is 6.45. The monoisotopic (exact) mass is 340 g/mol. The maximum Gasteiger partial charge on any atom is 0.406 e. The van der Waals surface area contributed by atoms with Crippen LogP contribution in [0.25, 0.3) is 0 Å². The molecule has 24 heavy (non-hydrogen) atoms. The second-order valence-electron chi connectivity index (χ2n) is 6.44. The van der Waals surface area contributed by atoms with Crippen LogP contribution in [0.1, 0.15) is 36.4 Å². The Kier molecular flexibility index (Phi) is 4.51. The summed E-state index contributed by atoms with van der Waals surface area (Å²) < 4.78 is 37.4. The number of halogens is 3. The van der Waals surface area contributed by atoms with Gasteiger partial charge in [0.1, 0.15) is 6.54 Å². The SMILES string of the molecule is O=C(N[C@@H]1CCCc2ccccc21)[C@@H]1CC(=O)N(CC(F)(F)F)C1. The van der Waals surface area contributed by atoms with Gasteiger partial charge in [0.2, 0.25) is 11.8 Å². The molecule has 1 aliphatic carbocycles.